The van der Waals surface area contributed by atoms with Gasteiger partial charge in [0.1, 0.15) is 11.5 Å². The Kier molecular flexibility index (Phi) is 5.05. The van der Waals surface area contributed by atoms with E-state index in [9.17, 15) is 0 Å². The zero-order valence-corrected chi connectivity index (χ0v) is 16.2. The van der Waals surface area contributed by atoms with E-state index in [0.29, 0.717) is 27.1 Å². The van der Waals surface area contributed by atoms with Gasteiger partial charge < -0.3 is 15.5 Å². The van der Waals surface area contributed by atoms with Crippen LogP contribution in [0, 0.1) is 0 Å². The van der Waals surface area contributed by atoms with Crippen molar-refractivity contribution in [1.82, 2.24) is 9.97 Å². The van der Waals surface area contributed by atoms with E-state index in [1.54, 1.807) is 12.3 Å². The lowest BCUT2D eigenvalue weighted by Gasteiger charge is -2.36. The number of halogens is 2. The van der Waals surface area contributed by atoms with Crippen molar-refractivity contribution in [2.75, 3.05) is 41.7 Å². The molecule has 2 aromatic carbocycles. The number of nitrogens with two attached hydrogens (primary N) is 1. The molecular weight excluding hydrogens is 381 g/mol. The molecule has 1 aromatic heterocycles. The smallest absolute Gasteiger partial charge is 0.152 e. The maximum Gasteiger partial charge on any atom is 0.152 e. The molecule has 3 aromatic rings. The van der Waals surface area contributed by atoms with Gasteiger partial charge in [0, 0.05) is 37.4 Å². The Hall–Kier alpha value is -2.50. The zero-order valence-electron chi connectivity index (χ0n) is 14.6. The van der Waals surface area contributed by atoms with Crippen LogP contribution in [-0.2, 0) is 0 Å². The van der Waals surface area contributed by atoms with E-state index in [4.69, 9.17) is 28.9 Å². The number of anilines is 3. The minimum Gasteiger partial charge on any atom is -0.382 e. The lowest BCUT2D eigenvalue weighted by molar-refractivity contribution is 0.647. The first-order valence-electron chi connectivity index (χ1n) is 8.75. The average molecular weight is 400 g/mol. The van der Waals surface area contributed by atoms with Gasteiger partial charge in [-0.25, -0.2) is 9.97 Å². The molecule has 0 radical (unpaired) electrons. The third kappa shape index (κ3) is 3.66. The highest BCUT2D eigenvalue weighted by molar-refractivity contribution is 6.43. The molecule has 0 atom stereocenters. The first kappa shape index (κ1) is 17.9. The molecule has 0 amide bonds. The van der Waals surface area contributed by atoms with Crippen LogP contribution in [0.2, 0.25) is 10.0 Å². The van der Waals surface area contributed by atoms with E-state index in [1.807, 2.05) is 18.2 Å². The largest absolute Gasteiger partial charge is 0.382 e. The van der Waals surface area contributed by atoms with Gasteiger partial charge in [0.2, 0.25) is 0 Å². The molecule has 0 spiro atoms. The van der Waals surface area contributed by atoms with Crippen molar-refractivity contribution in [3.8, 4) is 11.3 Å². The molecule has 1 aliphatic heterocycles. The fourth-order valence-electron chi connectivity index (χ4n) is 3.27. The summed E-state index contributed by atoms with van der Waals surface area (Å²) in [5.41, 5.74) is 8.67. The fourth-order valence-corrected chi connectivity index (χ4v) is 3.66. The van der Waals surface area contributed by atoms with Gasteiger partial charge in [0.05, 0.1) is 16.2 Å². The number of hydrogen-bond donors (Lipinski definition) is 1. The number of rotatable bonds is 3. The first-order chi connectivity index (χ1) is 13.1. The van der Waals surface area contributed by atoms with Crippen LogP contribution in [0.15, 0.2) is 54.7 Å². The molecule has 2 heterocycles. The van der Waals surface area contributed by atoms with Crippen molar-refractivity contribution < 1.29 is 0 Å². The lowest BCUT2D eigenvalue weighted by Crippen LogP contribution is -2.46. The number of benzene rings is 2. The molecule has 1 saturated heterocycles. The topological polar surface area (TPSA) is 58.3 Å². The predicted octanol–water partition coefficient (Wildman–Crippen LogP) is 4.36. The van der Waals surface area contributed by atoms with Crippen LogP contribution in [0.3, 0.4) is 0 Å². The summed E-state index contributed by atoms with van der Waals surface area (Å²) >= 11 is 12.4. The average Bonchev–Trinajstić information content (AvgIpc) is 2.71. The molecule has 0 unspecified atom stereocenters. The van der Waals surface area contributed by atoms with E-state index in [2.05, 4.69) is 44.0 Å². The van der Waals surface area contributed by atoms with Gasteiger partial charge in [0.15, 0.2) is 5.82 Å². The van der Waals surface area contributed by atoms with E-state index in [0.717, 1.165) is 32.0 Å². The molecule has 0 bridgehead atoms. The van der Waals surface area contributed by atoms with Crippen LogP contribution in [0.4, 0.5) is 17.3 Å². The van der Waals surface area contributed by atoms with Gasteiger partial charge in [-0.1, -0.05) is 53.5 Å². The predicted molar refractivity (Wildman–Crippen MR) is 113 cm³/mol. The van der Waals surface area contributed by atoms with E-state index in [-0.39, 0.29) is 0 Å². The Bertz CT molecular complexity index is 940. The Morgan fingerprint density at radius 1 is 0.852 bits per heavy atom. The third-order valence-corrected chi connectivity index (χ3v) is 5.54. The van der Waals surface area contributed by atoms with E-state index < -0.39 is 0 Å². The van der Waals surface area contributed by atoms with Crippen LogP contribution >= 0.6 is 23.2 Å². The molecule has 0 aliphatic carbocycles. The molecule has 7 heteroatoms. The van der Waals surface area contributed by atoms with Crippen LogP contribution in [-0.4, -0.2) is 36.1 Å². The van der Waals surface area contributed by atoms with Crippen molar-refractivity contribution in [1.29, 1.82) is 0 Å². The first-order valence-corrected chi connectivity index (χ1v) is 9.51. The highest BCUT2D eigenvalue weighted by Gasteiger charge is 2.20. The summed E-state index contributed by atoms with van der Waals surface area (Å²) in [5.74, 6) is 1.13. The Morgan fingerprint density at radius 3 is 2.26 bits per heavy atom. The minimum atomic E-state index is 0.349. The maximum atomic E-state index is 6.29. The second-order valence-electron chi connectivity index (χ2n) is 6.37. The molecule has 0 saturated carbocycles. The van der Waals surface area contributed by atoms with Gasteiger partial charge in [0.25, 0.3) is 0 Å². The Labute approximate surface area is 168 Å². The second-order valence-corrected chi connectivity index (χ2v) is 7.16. The molecule has 1 aliphatic rings. The zero-order chi connectivity index (χ0) is 18.8. The summed E-state index contributed by atoms with van der Waals surface area (Å²) in [4.78, 5) is 13.6. The fraction of sp³-hybridized carbons (Fsp3) is 0.200. The number of piperazine rings is 1. The van der Waals surface area contributed by atoms with E-state index in [1.165, 1.54) is 5.69 Å². The van der Waals surface area contributed by atoms with Crippen molar-refractivity contribution in [2.45, 2.75) is 0 Å². The monoisotopic (exact) mass is 399 g/mol. The van der Waals surface area contributed by atoms with Gasteiger partial charge in [-0.15, -0.1) is 0 Å². The molecule has 27 heavy (non-hydrogen) atoms. The molecule has 1 fully saturated rings. The van der Waals surface area contributed by atoms with Crippen LogP contribution in [0.5, 0.6) is 0 Å². The van der Waals surface area contributed by atoms with Gasteiger partial charge in [-0.05, 0) is 18.2 Å². The van der Waals surface area contributed by atoms with Gasteiger partial charge >= 0.3 is 0 Å². The number of para-hydroxylation sites is 1. The molecule has 2 N–H and O–H groups in total. The summed E-state index contributed by atoms with van der Waals surface area (Å²) in [7, 11) is 0. The Balaban J connectivity index is 1.51. The van der Waals surface area contributed by atoms with Crippen molar-refractivity contribution in [2.24, 2.45) is 0 Å². The SMILES string of the molecule is Nc1nc(N2CCN(c3ccccc3)CC2)cnc1-c1cccc(Cl)c1Cl. The van der Waals surface area contributed by atoms with Gasteiger partial charge in [-0.3, -0.25) is 0 Å². The summed E-state index contributed by atoms with van der Waals surface area (Å²) in [6, 6.07) is 15.8. The van der Waals surface area contributed by atoms with Crippen molar-refractivity contribution in [3.05, 3.63) is 64.8 Å². The van der Waals surface area contributed by atoms with Crippen LogP contribution < -0.4 is 15.5 Å². The van der Waals surface area contributed by atoms with Crippen molar-refractivity contribution in [3.63, 3.8) is 0 Å². The number of nitrogen functional groups attached to an aromatic ring is 1. The second kappa shape index (κ2) is 7.62. The minimum absolute atomic E-state index is 0.349. The van der Waals surface area contributed by atoms with Gasteiger partial charge in [-0.2, -0.15) is 0 Å². The summed E-state index contributed by atoms with van der Waals surface area (Å²) in [6.07, 6.45) is 1.75. The summed E-state index contributed by atoms with van der Waals surface area (Å²) < 4.78 is 0. The normalized spacial score (nSPS) is 14.4. The lowest BCUT2D eigenvalue weighted by atomic mass is 10.1. The summed E-state index contributed by atoms with van der Waals surface area (Å²) in [6.45, 7) is 3.57. The summed E-state index contributed by atoms with van der Waals surface area (Å²) in [5, 5.41) is 0.904. The standard InChI is InChI=1S/C20H19Cl2N5/c21-16-8-4-7-15(18(16)22)19-20(23)25-17(13-24-19)27-11-9-26(10-12-27)14-5-2-1-3-6-14/h1-8,13H,9-12H2,(H2,23,25). The molecule has 4 rings (SSSR count). The highest BCUT2D eigenvalue weighted by atomic mass is 35.5. The van der Waals surface area contributed by atoms with E-state index >= 15 is 0 Å². The molecule has 138 valence electrons. The number of nitrogens with zero attached hydrogens (tertiary/aromatic N) is 4. The number of aromatic nitrogens is 2. The van der Waals surface area contributed by atoms with Crippen LogP contribution in [0.25, 0.3) is 11.3 Å². The molecular formula is C20H19Cl2N5. The number of hydrogen-bond acceptors (Lipinski definition) is 5. The highest BCUT2D eigenvalue weighted by Crippen LogP contribution is 2.35. The van der Waals surface area contributed by atoms with Crippen LogP contribution in [0.1, 0.15) is 0 Å². The maximum absolute atomic E-state index is 6.29. The Morgan fingerprint density at radius 2 is 1.56 bits per heavy atom. The third-order valence-electron chi connectivity index (χ3n) is 4.72. The molecule has 5 nitrogen and oxygen atoms in total. The van der Waals surface area contributed by atoms with Crippen molar-refractivity contribution >= 4 is 40.5 Å². The quantitative estimate of drug-likeness (QED) is 0.708.